The zero-order valence-corrected chi connectivity index (χ0v) is 19.0. The van der Waals surface area contributed by atoms with E-state index in [0.717, 1.165) is 23.8 Å². The van der Waals surface area contributed by atoms with Crippen LogP contribution in [0.15, 0.2) is 77.8 Å². The predicted octanol–water partition coefficient (Wildman–Crippen LogP) is 3.80. The second kappa shape index (κ2) is 11.1. The molecule has 0 saturated carbocycles. The van der Waals surface area contributed by atoms with Crippen molar-refractivity contribution in [3.8, 4) is 5.75 Å². The third-order valence-electron chi connectivity index (χ3n) is 5.64. The van der Waals surface area contributed by atoms with Gasteiger partial charge in [-0.1, -0.05) is 30.3 Å². The quantitative estimate of drug-likeness (QED) is 0.433. The Hall–Kier alpha value is -3.78. The minimum absolute atomic E-state index is 0.00342. The zero-order valence-electron chi connectivity index (χ0n) is 19.0. The first-order chi connectivity index (χ1) is 17.0. The number of aliphatic imine (C=N–C) groups is 1. The van der Waals surface area contributed by atoms with Crippen LogP contribution in [-0.4, -0.2) is 42.3 Å². The maximum absolute atomic E-state index is 14.1. The maximum Gasteiger partial charge on any atom is 0.252 e. The van der Waals surface area contributed by atoms with Crippen molar-refractivity contribution in [3.63, 3.8) is 0 Å². The predicted molar refractivity (Wildman–Crippen MR) is 127 cm³/mol. The van der Waals surface area contributed by atoms with Crippen LogP contribution < -0.4 is 10.1 Å². The summed E-state index contributed by atoms with van der Waals surface area (Å²) in [6.07, 6.45) is 0.811. The van der Waals surface area contributed by atoms with E-state index in [1.807, 2.05) is 30.3 Å². The summed E-state index contributed by atoms with van der Waals surface area (Å²) in [5.41, 5.74) is 0.351. The van der Waals surface area contributed by atoms with Gasteiger partial charge in [-0.2, -0.15) is 0 Å². The Morgan fingerprint density at radius 3 is 2.60 bits per heavy atom. The molecular weight excluding hydrogens is 454 g/mol. The molecule has 3 aromatic rings. The van der Waals surface area contributed by atoms with Crippen LogP contribution in [0.25, 0.3) is 0 Å². The summed E-state index contributed by atoms with van der Waals surface area (Å²) in [6, 6.07) is 19.6. The van der Waals surface area contributed by atoms with E-state index in [1.165, 1.54) is 0 Å². The molecule has 35 heavy (non-hydrogen) atoms. The topological polar surface area (TPSA) is 80.2 Å². The van der Waals surface area contributed by atoms with Crippen LogP contribution in [0.5, 0.6) is 5.75 Å². The molecule has 6 nitrogen and oxygen atoms in total. The number of aliphatic hydroxyl groups is 1. The Balaban J connectivity index is 1.55. The van der Waals surface area contributed by atoms with Crippen LogP contribution in [0.1, 0.15) is 23.1 Å². The molecule has 0 radical (unpaired) electrons. The van der Waals surface area contributed by atoms with E-state index >= 15 is 0 Å². The Morgan fingerprint density at radius 1 is 1.09 bits per heavy atom. The van der Waals surface area contributed by atoms with E-state index < -0.39 is 23.1 Å². The molecule has 1 atom stereocenters. The minimum atomic E-state index is -1.27. The van der Waals surface area contributed by atoms with Gasteiger partial charge in [0.1, 0.15) is 24.0 Å². The van der Waals surface area contributed by atoms with Crippen molar-refractivity contribution in [1.29, 1.82) is 0 Å². The molecule has 4 rings (SSSR count). The first-order valence-corrected chi connectivity index (χ1v) is 11.3. The number of aliphatic hydroxyl groups excluding tert-OH is 1. The molecular formula is C27H26F2N2O4. The van der Waals surface area contributed by atoms with E-state index in [9.17, 15) is 13.6 Å². The highest BCUT2D eigenvalue weighted by atomic mass is 19.1. The third kappa shape index (κ3) is 6.02. The molecule has 0 bridgehead atoms. The average Bonchev–Trinajstić information content (AvgIpc) is 3.31. The van der Waals surface area contributed by atoms with Gasteiger partial charge in [-0.3, -0.25) is 4.79 Å². The van der Waals surface area contributed by atoms with Crippen molar-refractivity contribution in [1.82, 2.24) is 5.32 Å². The van der Waals surface area contributed by atoms with Crippen molar-refractivity contribution < 1.29 is 28.2 Å². The molecule has 0 unspecified atom stereocenters. The fraction of sp³-hybridized carbons (Fsp3) is 0.259. The van der Waals surface area contributed by atoms with Crippen LogP contribution in [0.4, 0.5) is 8.78 Å². The Labute approximate surface area is 202 Å². The fourth-order valence-corrected chi connectivity index (χ4v) is 3.78. The highest BCUT2D eigenvalue weighted by Gasteiger charge is 2.44. The summed E-state index contributed by atoms with van der Waals surface area (Å²) in [5, 5.41) is 11.6. The summed E-state index contributed by atoms with van der Waals surface area (Å²) in [6.45, 7) is 0.285. The first kappa shape index (κ1) is 24.3. The summed E-state index contributed by atoms with van der Waals surface area (Å²) in [4.78, 5) is 18.0. The molecule has 0 spiro atoms. The number of hydrogen-bond donors (Lipinski definition) is 2. The van der Waals surface area contributed by atoms with Gasteiger partial charge in [0.2, 0.25) is 5.90 Å². The van der Waals surface area contributed by atoms with Gasteiger partial charge in [-0.25, -0.2) is 13.8 Å². The van der Waals surface area contributed by atoms with Gasteiger partial charge in [-0.15, -0.1) is 0 Å². The summed E-state index contributed by atoms with van der Waals surface area (Å²) < 4.78 is 39.0. The largest absolute Gasteiger partial charge is 0.494 e. The molecule has 2 N–H and O–H groups in total. The van der Waals surface area contributed by atoms with Gasteiger partial charge < -0.3 is 19.9 Å². The number of nitrogens with zero attached hydrogens (tertiary/aromatic N) is 1. The number of hydrogen-bond acceptors (Lipinski definition) is 5. The molecule has 0 aliphatic carbocycles. The van der Waals surface area contributed by atoms with E-state index in [1.54, 1.807) is 24.3 Å². The van der Waals surface area contributed by atoms with E-state index in [0.29, 0.717) is 30.2 Å². The van der Waals surface area contributed by atoms with Crippen molar-refractivity contribution in [2.24, 2.45) is 4.99 Å². The van der Waals surface area contributed by atoms with E-state index in [-0.39, 0.29) is 31.7 Å². The Kier molecular flexibility index (Phi) is 7.72. The van der Waals surface area contributed by atoms with Crippen LogP contribution in [0.2, 0.25) is 0 Å². The van der Waals surface area contributed by atoms with Crippen molar-refractivity contribution in [2.75, 3.05) is 19.8 Å². The second-order valence-corrected chi connectivity index (χ2v) is 8.27. The number of rotatable bonds is 10. The number of benzene rings is 3. The van der Waals surface area contributed by atoms with E-state index in [2.05, 4.69) is 10.3 Å². The highest BCUT2D eigenvalue weighted by Crippen LogP contribution is 2.28. The highest BCUT2D eigenvalue weighted by molar-refractivity contribution is 6.00. The van der Waals surface area contributed by atoms with Gasteiger partial charge in [-0.05, 0) is 48.0 Å². The Bertz CT molecular complexity index is 1190. The molecule has 1 amide bonds. The molecule has 0 aromatic heterocycles. The molecule has 0 fully saturated rings. The van der Waals surface area contributed by atoms with Gasteiger partial charge >= 0.3 is 0 Å². The van der Waals surface area contributed by atoms with Crippen LogP contribution in [-0.2, 0) is 22.5 Å². The maximum atomic E-state index is 14.1. The van der Waals surface area contributed by atoms with Crippen molar-refractivity contribution in [2.45, 2.75) is 24.9 Å². The monoisotopic (exact) mass is 480 g/mol. The SMILES string of the molecule is O=C(NCc1cc(F)ccc1F)[C@@]1(Cc2ccccc2)COC(c2ccc(OCCCO)cc2)=N1. The molecule has 3 aromatic carbocycles. The fourth-order valence-electron chi connectivity index (χ4n) is 3.78. The minimum Gasteiger partial charge on any atom is -0.494 e. The zero-order chi connectivity index (χ0) is 24.7. The van der Waals surface area contributed by atoms with E-state index in [4.69, 9.17) is 14.6 Å². The number of ether oxygens (including phenoxy) is 2. The molecule has 182 valence electrons. The lowest BCUT2D eigenvalue weighted by Gasteiger charge is -2.23. The van der Waals surface area contributed by atoms with Crippen LogP contribution in [0, 0.1) is 11.6 Å². The van der Waals surface area contributed by atoms with Crippen molar-refractivity contribution >= 4 is 11.8 Å². The molecule has 8 heteroatoms. The normalized spacial score (nSPS) is 16.9. The van der Waals surface area contributed by atoms with Crippen LogP contribution in [0.3, 0.4) is 0 Å². The molecule has 0 saturated heterocycles. The lowest BCUT2D eigenvalue weighted by Crippen LogP contribution is -2.48. The smallest absolute Gasteiger partial charge is 0.252 e. The lowest BCUT2D eigenvalue weighted by atomic mass is 9.91. The number of carbonyl (C=O) groups is 1. The first-order valence-electron chi connectivity index (χ1n) is 11.3. The molecule has 1 aliphatic heterocycles. The van der Waals surface area contributed by atoms with Gasteiger partial charge in [0.25, 0.3) is 5.91 Å². The molecule has 1 aliphatic rings. The van der Waals surface area contributed by atoms with Crippen LogP contribution >= 0.6 is 0 Å². The number of amides is 1. The lowest BCUT2D eigenvalue weighted by molar-refractivity contribution is -0.126. The standard InChI is InChI=1S/C27H26F2N2O4/c28-22-9-12-24(29)21(15-22)17-30-26(33)27(16-19-5-2-1-3-6-19)18-35-25(31-27)20-7-10-23(11-8-20)34-14-4-13-32/h1-3,5-12,15,32H,4,13-14,16-18H2,(H,30,33)/t27-/m1/s1. The summed E-state index contributed by atoms with van der Waals surface area (Å²) >= 11 is 0. The van der Waals surface area contributed by atoms with Gasteiger partial charge in [0.15, 0.2) is 5.54 Å². The third-order valence-corrected chi connectivity index (χ3v) is 5.64. The number of halogens is 2. The Morgan fingerprint density at radius 2 is 1.86 bits per heavy atom. The van der Waals surface area contributed by atoms with Gasteiger partial charge in [0, 0.05) is 37.1 Å². The molecule has 1 heterocycles. The van der Waals surface area contributed by atoms with Gasteiger partial charge in [0.05, 0.1) is 6.61 Å². The number of nitrogens with one attached hydrogen (secondary N) is 1. The van der Waals surface area contributed by atoms with Crippen molar-refractivity contribution in [3.05, 3.63) is 101 Å². The average molecular weight is 481 g/mol. The summed E-state index contributed by atoms with van der Waals surface area (Å²) in [7, 11) is 0. The second-order valence-electron chi connectivity index (χ2n) is 8.27. The summed E-state index contributed by atoms with van der Waals surface area (Å²) in [5.74, 6) is -0.662. The number of carbonyl (C=O) groups excluding carboxylic acids is 1.